The number of carboxylic acid groups (broad SMARTS) is 3. The number of aliphatic carboxylic acids is 3. The van der Waals surface area contributed by atoms with Crippen LogP contribution in [-0.4, -0.2) is 95.9 Å². The zero-order chi connectivity index (χ0) is 29.5. The smallest absolute Gasteiger partial charge is 0.343 e. The largest absolute Gasteiger partial charge is 0.479 e. The summed E-state index contributed by atoms with van der Waals surface area (Å²) >= 11 is 0. The summed E-state index contributed by atoms with van der Waals surface area (Å²) in [6.07, 6.45) is -9.22. The van der Waals surface area contributed by atoms with Crippen LogP contribution in [0.4, 0.5) is 4.39 Å². The third kappa shape index (κ3) is 4.89. The highest BCUT2D eigenvalue weighted by Crippen LogP contribution is 2.54. The van der Waals surface area contributed by atoms with Gasteiger partial charge in [-0.25, -0.2) is 18.8 Å². The Morgan fingerprint density at radius 1 is 1.08 bits per heavy atom. The molecule has 6 N–H and O–H groups in total. The van der Waals surface area contributed by atoms with Gasteiger partial charge in [0, 0.05) is 19.3 Å². The van der Waals surface area contributed by atoms with Crippen LogP contribution in [0.25, 0.3) is 0 Å². The fourth-order valence-electron chi connectivity index (χ4n) is 5.18. The molecule has 8 unspecified atom stereocenters. The number of halogens is 1. The highest BCUT2D eigenvalue weighted by Gasteiger charge is 2.84. The van der Waals surface area contributed by atoms with Gasteiger partial charge < -0.3 is 44.8 Å². The first-order valence-corrected chi connectivity index (χ1v) is 11.8. The molecular formula is C25H29FO13. The van der Waals surface area contributed by atoms with E-state index in [-0.39, 0.29) is 12.0 Å². The number of fused-ring (bicyclic) bond motifs is 2. The molecule has 2 bridgehead atoms. The Morgan fingerprint density at radius 3 is 2.15 bits per heavy atom. The number of rotatable bonds is 11. The molecule has 2 heterocycles. The Hall–Kier alpha value is -3.43. The maximum Gasteiger partial charge on any atom is 0.343 e. The summed E-state index contributed by atoms with van der Waals surface area (Å²) in [5.41, 5.74) is -6.45. The molecule has 2 fully saturated rings. The van der Waals surface area contributed by atoms with Crippen LogP contribution in [0.2, 0.25) is 0 Å². The number of benzene rings is 1. The fourth-order valence-corrected chi connectivity index (χ4v) is 5.18. The molecule has 214 valence electrons. The van der Waals surface area contributed by atoms with Crippen molar-refractivity contribution in [3.63, 3.8) is 0 Å². The molecule has 1 aromatic rings. The van der Waals surface area contributed by atoms with Crippen molar-refractivity contribution in [3.05, 3.63) is 47.8 Å². The van der Waals surface area contributed by atoms with E-state index >= 15 is 0 Å². The monoisotopic (exact) mass is 556 g/mol. The third-order valence-corrected chi connectivity index (χ3v) is 7.11. The van der Waals surface area contributed by atoms with Gasteiger partial charge in [-0.15, -0.1) is 0 Å². The van der Waals surface area contributed by atoms with Crippen molar-refractivity contribution in [1.29, 1.82) is 0 Å². The van der Waals surface area contributed by atoms with Crippen molar-refractivity contribution in [1.82, 2.24) is 0 Å². The summed E-state index contributed by atoms with van der Waals surface area (Å²) in [4.78, 5) is 47.9. The lowest BCUT2D eigenvalue weighted by Gasteiger charge is -2.48. The first kappa shape index (κ1) is 30.1. The van der Waals surface area contributed by atoms with Crippen LogP contribution >= 0.6 is 0 Å². The van der Waals surface area contributed by atoms with Gasteiger partial charge in [-0.05, 0) is 36.1 Å². The number of carbonyl (C=O) groups is 4. The number of carbonyl (C=O) groups excluding carboxylic acids is 1. The summed E-state index contributed by atoms with van der Waals surface area (Å²) in [7, 11) is 0. The topological polar surface area (TPSA) is 217 Å². The van der Waals surface area contributed by atoms with Gasteiger partial charge in [-0.1, -0.05) is 25.6 Å². The van der Waals surface area contributed by atoms with Gasteiger partial charge >= 0.3 is 23.9 Å². The number of hydrogen-bond acceptors (Lipinski definition) is 10. The standard InChI is InChI=1S/C25H29FO13/c1-11(16(37-13(3)27)12(2)10-14-4-6-15(26)7-5-14)8-9-23-17(28)18(29)25(39-23,22(34)35)24(36,21(32)33)19(38-23)20(30)31/h4-7,12,16-19,28-29,36H,1,8-10H2,2-3H3,(H,30,31)(H,32,33)(H,34,35). The molecule has 0 saturated carbocycles. The number of carboxylic acids is 3. The van der Waals surface area contributed by atoms with Crippen LogP contribution in [0, 0.1) is 11.7 Å². The summed E-state index contributed by atoms with van der Waals surface area (Å²) in [6, 6.07) is 5.60. The molecule has 2 saturated heterocycles. The Labute approximate surface area is 221 Å². The SMILES string of the molecule is C=C(CCC12OC(C(=O)O)C(O)(C(=O)O)C(C(=O)O)(O1)C(O)C2O)C(OC(C)=O)C(C)Cc1ccc(F)cc1. The molecule has 0 aliphatic carbocycles. The Kier molecular flexibility index (Phi) is 8.20. The predicted molar refractivity (Wildman–Crippen MR) is 124 cm³/mol. The summed E-state index contributed by atoms with van der Waals surface area (Å²) in [5.74, 6) is -10.9. The maximum absolute atomic E-state index is 13.3. The van der Waals surface area contributed by atoms with Gasteiger partial charge in [-0.3, -0.25) is 4.79 Å². The first-order valence-electron chi connectivity index (χ1n) is 11.8. The lowest BCUT2D eigenvalue weighted by molar-refractivity contribution is -0.374. The van der Waals surface area contributed by atoms with Crippen molar-refractivity contribution < 1.29 is 68.4 Å². The summed E-state index contributed by atoms with van der Waals surface area (Å²) in [5, 5.41) is 61.2. The minimum atomic E-state index is -3.84. The van der Waals surface area contributed by atoms with Crippen LogP contribution in [0.5, 0.6) is 0 Å². The molecule has 14 heteroatoms. The number of ether oxygens (including phenoxy) is 3. The van der Waals surface area contributed by atoms with E-state index < -0.39 is 83.4 Å². The molecule has 39 heavy (non-hydrogen) atoms. The second-order valence-electron chi connectivity index (χ2n) is 9.75. The number of esters is 1. The van der Waals surface area contributed by atoms with Crippen molar-refractivity contribution >= 4 is 23.9 Å². The molecule has 2 aliphatic heterocycles. The minimum Gasteiger partial charge on any atom is -0.479 e. The van der Waals surface area contributed by atoms with E-state index in [4.69, 9.17) is 14.2 Å². The molecule has 1 aromatic carbocycles. The van der Waals surface area contributed by atoms with Gasteiger partial charge in [0.1, 0.15) is 24.1 Å². The molecule has 8 atom stereocenters. The van der Waals surface area contributed by atoms with E-state index in [1.165, 1.54) is 12.1 Å². The first-order chi connectivity index (χ1) is 18.0. The van der Waals surface area contributed by atoms with E-state index in [0.29, 0.717) is 12.0 Å². The average Bonchev–Trinajstić information content (AvgIpc) is 3.05. The molecular weight excluding hydrogens is 527 g/mol. The molecule has 0 aromatic heterocycles. The van der Waals surface area contributed by atoms with Crippen LogP contribution in [0.15, 0.2) is 36.4 Å². The van der Waals surface area contributed by atoms with Gasteiger partial charge in [0.15, 0.2) is 5.79 Å². The average molecular weight is 556 g/mol. The highest BCUT2D eigenvalue weighted by atomic mass is 19.1. The third-order valence-electron chi connectivity index (χ3n) is 7.11. The van der Waals surface area contributed by atoms with Crippen molar-refractivity contribution in [2.45, 2.75) is 74.5 Å². The van der Waals surface area contributed by atoms with Crippen LogP contribution in [0.1, 0.15) is 32.3 Å². The number of hydrogen-bond donors (Lipinski definition) is 6. The van der Waals surface area contributed by atoms with Crippen molar-refractivity contribution in [2.75, 3.05) is 0 Å². The number of aliphatic hydroxyl groups excluding tert-OH is 2. The minimum absolute atomic E-state index is 0.196. The molecule has 2 aliphatic rings. The molecule has 0 amide bonds. The molecule has 13 nitrogen and oxygen atoms in total. The normalized spacial score (nSPS) is 33.1. The Bertz CT molecular complexity index is 1170. The van der Waals surface area contributed by atoms with Crippen LogP contribution in [0.3, 0.4) is 0 Å². The van der Waals surface area contributed by atoms with Gasteiger partial charge in [0.05, 0.1) is 0 Å². The second kappa shape index (κ2) is 10.6. The molecule has 0 radical (unpaired) electrons. The van der Waals surface area contributed by atoms with Gasteiger partial charge in [0.2, 0.25) is 17.3 Å². The van der Waals surface area contributed by atoms with Gasteiger partial charge in [0.25, 0.3) is 0 Å². The number of aliphatic hydroxyl groups is 3. The quantitative estimate of drug-likeness (QED) is 0.154. The van der Waals surface area contributed by atoms with E-state index in [1.807, 2.05) is 0 Å². The zero-order valence-corrected chi connectivity index (χ0v) is 20.9. The molecule has 0 spiro atoms. The lowest BCUT2D eigenvalue weighted by atomic mass is 9.74. The zero-order valence-electron chi connectivity index (χ0n) is 20.9. The lowest BCUT2D eigenvalue weighted by Crippen LogP contribution is -2.77. The Morgan fingerprint density at radius 2 is 1.67 bits per heavy atom. The highest BCUT2D eigenvalue weighted by molar-refractivity contribution is 5.97. The molecule has 3 rings (SSSR count). The second-order valence-corrected chi connectivity index (χ2v) is 9.75. The van der Waals surface area contributed by atoms with Crippen molar-refractivity contribution in [2.24, 2.45) is 5.92 Å². The van der Waals surface area contributed by atoms with Gasteiger partial charge in [-0.2, -0.15) is 0 Å². The fraction of sp³-hybridized carbons (Fsp3) is 0.520. The maximum atomic E-state index is 13.3. The predicted octanol–water partition coefficient (Wildman–Crippen LogP) is -0.157. The van der Waals surface area contributed by atoms with E-state index in [9.17, 15) is 54.2 Å². The summed E-state index contributed by atoms with van der Waals surface area (Å²) < 4.78 is 29.2. The van der Waals surface area contributed by atoms with E-state index in [0.717, 1.165) is 6.92 Å². The van der Waals surface area contributed by atoms with Crippen LogP contribution < -0.4 is 0 Å². The summed E-state index contributed by atoms with van der Waals surface area (Å²) in [6.45, 7) is 6.75. The van der Waals surface area contributed by atoms with E-state index in [2.05, 4.69) is 6.58 Å². The Balaban J connectivity index is 1.92. The van der Waals surface area contributed by atoms with E-state index in [1.54, 1.807) is 19.1 Å². The van der Waals surface area contributed by atoms with Crippen LogP contribution in [-0.2, 0) is 39.8 Å². The van der Waals surface area contributed by atoms with Crippen molar-refractivity contribution in [3.8, 4) is 0 Å².